The molecule has 0 bridgehead atoms. The first-order valence-electron chi connectivity index (χ1n) is 3.20. The van der Waals surface area contributed by atoms with Crippen LogP contribution in [-0.2, 0) is 10.0 Å². The minimum atomic E-state index is -2.94. The molecule has 0 amide bonds. The Morgan fingerprint density at radius 1 is 1.40 bits per heavy atom. The Labute approximate surface area is 76.3 Å². The number of nitrogens with zero attached hydrogens (tertiary/aromatic N) is 1. The van der Waals surface area contributed by atoms with E-state index < -0.39 is 10.0 Å². The van der Waals surface area contributed by atoms with Crippen LogP contribution < -0.4 is 0 Å². The Bertz CT molecular complexity index is 178. The van der Waals surface area contributed by atoms with Crippen molar-refractivity contribution < 1.29 is 8.42 Å². The first kappa shape index (κ1) is 10.6. The van der Waals surface area contributed by atoms with Gasteiger partial charge in [0.15, 0.2) is 0 Å². The van der Waals surface area contributed by atoms with Crippen molar-refractivity contribution in [1.82, 2.24) is 2.52 Å². The normalized spacial score (nSPS) is 12.4. The van der Waals surface area contributed by atoms with Crippen molar-refractivity contribution in [2.45, 2.75) is 20.3 Å². The lowest BCUT2D eigenvalue weighted by Gasteiger charge is -2.11. The lowest BCUT2D eigenvalue weighted by atomic mass is 10.5. The van der Waals surface area contributed by atoms with E-state index in [4.69, 9.17) is 0 Å². The summed E-state index contributed by atoms with van der Waals surface area (Å²) in [5.41, 5.74) is 0. The van der Waals surface area contributed by atoms with E-state index in [0.717, 1.165) is 6.42 Å². The molecule has 0 saturated heterocycles. The van der Waals surface area contributed by atoms with Crippen LogP contribution in [0.1, 0.15) is 20.3 Å². The van der Waals surface area contributed by atoms with Gasteiger partial charge in [-0.1, -0.05) is 6.92 Å². The molecule has 0 heterocycles. The third-order valence-electron chi connectivity index (χ3n) is 1.07. The molecule has 0 atom stereocenters. The van der Waals surface area contributed by atoms with Crippen LogP contribution in [0.25, 0.3) is 0 Å². The Balaban J connectivity index is 4.06. The molecule has 62 valence electrons. The maximum Gasteiger partial charge on any atom is 0.222 e. The first-order chi connectivity index (χ1) is 4.54. The molecular formula is C5H12INO2S. The SMILES string of the molecule is CCCN(I)S(=O)(=O)CC. The van der Waals surface area contributed by atoms with Gasteiger partial charge in [-0.25, -0.2) is 8.42 Å². The maximum absolute atomic E-state index is 11.0. The quantitative estimate of drug-likeness (QED) is 0.575. The number of sulfonamides is 1. The average molecular weight is 277 g/mol. The molecule has 0 aromatic rings. The molecule has 3 nitrogen and oxygen atoms in total. The van der Waals surface area contributed by atoms with Crippen molar-refractivity contribution in [1.29, 1.82) is 0 Å². The van der Waals surface area contributed by atoms with Gasteiger partial charge in [0.05, 0.1) is 5.75 Å². The number of hydrogen-bond acceptors (Lipinski definition) is 2. The standard InChI is InChI=1S/C5H12INO2S/c1-3-5-7(6)10(8,9)4-2/h3-5H2,1-2H3. The van der Waals surface area contributed by atoms with Crippen molar-refractivity contribution in [3.05, 3.63) is 0 Å². The Hall–Kier alpha value is 0.640. The monoisotopic (exact) mass is 277 g/mol. The Kier molecular flexibility index (Phi) is 4.79. The predicted molar refractivity (Wildman–Crippen MR) is 50.5 cm³/mol. The number of hydrogen-bond donors (Lipinski definition) is 0. The van der Waals surface area contributed by atoms with E-state index in [1.54, 1.807) is 6.92 Å². The van der Waals surface area contributed by atoms with Crippen LogP contribution in [-0.4, -0.2) is 23.2 Å². The highest BCUT2D eigenvalue weighted by atomic mass is 127. The van der Waals surface area contributed by atoms with Crippen molar-refractivity contribution in [2.24, 2.45) is 0 Å². The molecule has 0 unspecified atom stereocenters. The van der Waals surface area contributed by atoms with Crippen LogP contribution in [0, 0.1) is 0 Å². The Morgan fingerprint density at radius 2 is 1.90 bits per heavy atom. The topological polar surface area (TPSA) is 37.4 Å². The summed E-state index contributed by atoms with van der Waals surface area (Å²) < 4.78 is 23.4. The summed E-state index contributed by atoms with van der Waals surface area (Å²) in [6.45, 7) is 4.21. The van der Waals surface area contributed by atoms with Gasteiger partial charge in [-0.15, -0.1) is 2.52 Å². The van der Waals surface area contributed by atoms with Crippen molar-refractivity contribution in [3.63, 3.8) is 0 Å². The molecule has 10 heavy (non-hydrogen) atoms. The lowest BCUT2D eigenvalue weighted by Crippen LogP contribution is -2.23. The predicted octanol–water partition coefficient (Wildman–Crippen LogP) is 1.40. The molecule has 0 rings (SSSR count). The van der Waals surface area contributed by atoms with Crippen LogP contribution in [0.3, 0.4) is 0 Å². The zero-order valence-electron chi connectivity index (χ0n) is 6.17. The molecule has 0 spiro atoms. The summed E-state index contributed by atoms with van der Waals surface area (Å²) in [6.07, 6.45) is 0.863. The summed E-state index contributed by atoms with van der Waals surface area (Å²) in [7, 11) is -2.94. The van der Waals surface area contributed by atoms with Crippen LogP contribution in [0.4, 0.5) is 0 Å². The maximum atomic E-state index is 11.0. The third-order valence-corrected chi connectivity index (χ3v) is 4.86. The molecule has 0 N–H and O–H groups in total. The molecule has 0 saturated carbocycles. The van der Waals surface area contributed by atoms with Gasteiger partial charge in [-0.05, 0) is 13.3 Å². The largest absolute Gasteiger partial charge is 0.222 e. The average Bonchev–Trinajstić information content (AvgIpc) is 1.89. The molecule has 0 fully saturated rings. The molecule has 5 heteroatoms. The second-order valence-electron chi connectivity index (χ2n) is 1.91. The second-order valence-corrected chi connectivity index (χ2v) is 5.91. The van der Waals surface area contributed by atoms with Gasteiger partial charge >= 0.3 is 0 Å². The van der Waals surface area contributed by atoms with Crippen LogP contribution in [0.5, 0.6) is 0 Å². The van der Waals surface area contributed by atoms with Gasteiger partial charge in [0.25, 0.3) is 0 Å². The summed E-state index contributed by atoms with van der Waals surface area (Å²) >= 11 is 1.83. The van der Waals surface area contributed by atoms with Gasteiger partial charge in [-0.2, -0.15) is 0 Å². The van der Waals surface area contributed by atoms with Crippen LogP contribution >= 0.6 is 22.9 Å². The second kappa shape index (κ2) is 4.50. The molecular weight excluding hydrogens is 265 g/mol. The van der Waals surface area contributed by atoms with E-state index in [0.29, 0.717) is 6.54 Å². The Morgan fingerprint density at radius 3 is 2.20 bits per heavy atom. The van der Waals surface area contributed by atoms with Crippen molar-refractivity contribution in [2.75, 3.05) is 12.3 Å². The molecule has 0 aromatic heterocycles. The highest BCUT2D eigenvalue weighted by Gasteiger charge is 2.14. The lowest BCUT2D eigenvalue weighted by molar-refractivity contribution is 0.552. The van der Waals surface area contributed by atoms with E-state index in [-0.39, 0.29) is 5.75 Å². The van der Waals surface area contributed by atoms with E-state index >= 15 is 0 Å². The van der Waals surface area contributed by atoms with Gasteiger partial charge in [0.1, 0.15) is 0 Å². The smallest absolute Gasteiger partial charge is 0.211 e. The van der Waals surface area contributed by atoms with E-state index in [2.05, 4.69) is 0 Å². The zero-order chi connectivity index (χ0) is 8.20. The van der Waals surface area contributed by atoms with E-state index in [1.807, 2.05) is 29.8 Å². The molecule has 0 aliphatic heterocycles. The van der Waals surface area contributed by atoms with Crippen molar-refractivity contribution in [3.8, 4) is 0 Å². The van der Waals surface area contributed by atoms with Gasteiger partial charge in [-0.3, -0.25) is 0 Å². The van der Waals surface area contributed by atoms with Crippen LogP contribution in [0.15, 0.2) is 0 Å². The fourth-order valence-electron chi connectivity index (χ4n) is 0.455. The fourth-order valence-corrected chi connectivity index (χ4v) is 2.51. The summed E-state index contributed by atoms with van der Waals surface area (Å²) in [5.74, 6) is 0.190. The van der Waals surface area contributed by atoms with Crippen LogP contribution in [0.2, 0.25) is 0 Å². The fraction of sp³-hybridized carbons (Fsp3) is 1.00. The van der Waals surface area contributed by atoms with Gasteiger partial charge < -0.3 is 0 Å². The molecule has 0 aliphatic carbocycles. The minimum Gasteiger partial charge on any atom is -0.211 e. The molecule has 0 radical (unpaired) electrons. The van der Waals surface area contributed by atoms with Crippen molar-refractivity contribution >= 4 is 32.9 Å². The molecule has 0 aliphatic rings. The van der Waals surface area contributed by atoms with Gasteiger partial charge in [0, 0.05) is 29.4 Å². The number of rotatable bonds is 4. The summed E-state index contributed by atoms with van der Waals surface area (Å²) in [6, 6.07) is 0. The zero-order valence-corrected chi connectivity index (χ0v) is 9.15. The first-order valence-corrected chi connectivity index (χ1v) is 5.78. The summed E-state index contributed by atoms with van der Waals surface area (Å²) in [4.78, 5) is 0. The third kappa shape index (κ3) is 3.16. The highest BCUT2D eigenvalue weighted by molar-refractivity contribution is 14.1. The van der Waals surface area contributed by atoms with E-state index in [9.17, 15) is 8.42 Å². The highest BCUT2D eigenvalue weighted by Crippen LogP contribution is 2.08. The van der Waals surface area contributed by atoms with E-state index in [1.165, 1.54) is 2.52 Å². The van der Waals surface area contributed by atoms with Gasteiger partial charge in [0.2, 0.25) is 10.0 Å². The number of halogens is 1. The molecule has 0 aromatic carbocycles. The minimum absolute atomic E-state index is 0.190. The summed E-state index contributed by atoms with van der Waals surface area (Å²) in [5, 5.41) is 0.